The van der Waals surface area contributed by atoms with Gasteiger partial charge in [0, 0.05) is 31.1 Å². The van der Waals surface area contributed by atoms with Gasteiger partial charge in [0.1, 0.15) is 0 Å². The fraction of sp³-hybridized carbons (Fsp3) is 0.722. The van der Waals surface area contributed by atoms with Gasteiger partial charge in [0.15, 0.2) is 5.96 Å². The van der Waals surface area contributed by atoms with Crippen molar-refractivity contribution in [3.63, 3.8) is 0 Å². The first kappa shape index (κ1) is 20.0. The Morgan fingerprint density at radius 2 is 2.04 bits per heavy atom. The van der Waals surface area contributed by atoms with Crippen molar-refractivity contribution in [2.24, 2.45) is 16.8 Å². The average Bonchev–Trinajstić information content (AvgIpc) is 3.02. The molecular weight excluding hydrogens is 431 g/mol. The van der Waals surface area contributed by atoms with Gasteiger partial charge in [-0.05, 0) is 62.6 Å². The molecule has 136 valence electrons. The number of rotatable bonds is 5. The van der Waals surface area contributed by atoms with Gasteiger partial charge in [-0.15, -0.1) is 35.3 Å². The summed E-state index contributed by atoms with van der Waals surface area (Å²) in [4.78, 5) is 8.41. The molecule has 2 atom stereocenters. The number of piperidine rings is 1. The smallest absolute Gasteiger partial charge is 0.190 e. The quantitative estimate of drug-likeness (QED) is 0.398. The molecule has 0 amide bonds. The van der Waals surface area contributed by atoms with E-state index >= 15 is 0 Å². The number of nitrogens with zero attached hydrogens (tertiary/aromatic N) is 2. The standard InChI is InChI=1S/C18H30N4S.HI/c1-19-18(20-12-14-6-3-7-14)21-13-15-8-4-10-22(2)17(15)16-9-5-11-23-16;/h5,9,11,14-15,17H,3-4,6-8,10,12-13H2,1-2H3,(H2,19,20,21);1H. The molecule has 2 heterocycles. The second-order valence-corrected chi connectivity index (χ2v) is 7.95. The normalized spacial score (nSPS) is 25.7. The second-order valence-electron chi connectivity index (χ2n) is 6.97. The number of guanidine groups is 1. The van der Waals surface area contributed by atoms with E-state index in [1.165, 1.54) is 43.5 Å². The zero-order valence-corrected chi connectivity index (χ0v) is 18.0. The van der Waals surface area contributed by atoms with Gasteiger partial charge in [0.05, 0.1) is 0 Å². The second kappa shape index (κ2) is 9.97. The minimum atomic E-state index is 0. The van der Waals surface area contributed by atoms with E-state index < -0.39 is 0 Å². The largest absolute Gasteiger partial charge is 0.356 e. The van der Waals surface area contributed by atoms with Gasteiger partial charge in [0.2, 0.25) is 0 Å². The molecule has 6 heteroatoms. The molecule has 0 aromatic carbocycles. The van der Waals surface area contributed by atoms with Crippen LogP contribution in [0.3, 0.4) is 0 Å². The zero-order valence-electron chi connectivity index (χ0n) is 14.8. The third kappa shape index (κ3) is 5.08. The number of nitrogens with one attached hydrogen (secondary N) is 2. The average molecular weight is 462 g/mol. The molecule has 2 fully saturated rings. The van der Waals surface area contributed by atoms with Crippen LogP contribution in [0.5, 0.6) is 0 Å². The SMILES string of the molecule is CN=C(NCC1CCC1)NCC1CCCN(C)C1c1cccs1.I. The highest BCUT2D eigenvalue weighted by Gasteiger charge is 2.31. The van der Waals surface area contributed by atoms with Crippen molar-refractivity contribution >= 4 is 41.3 Å². The number of thiophene rings is 1. The highest BCUT2D eigenvalue weighted by Crippen LogP contribution is 2.36. The highest BCUT2D eigenvalue weighted by atomic mass is 127. The van der Waals surface area contributed by atoms with Crippen LogP contribution in [0.15, 0.2) is 22.5 Å². The Morgan fingerprint density at radius 1 is 1.25 bits per heavy atom. The molecule has 1 aromatic heterocycles. The zero-order chi connectivity index (χ0) is 16.1. The fourth-order valence-corrected chi connectivity index (χ4v) is 4.75. The summed E-state index contributed by atoms with van der Waals surface area (Å²) < 4.78 is 0. The minimum Gasteiger partial charge on any atom is -0.356 e. The van der Waals surface area contributed by atoms with Crippen molar-refractivity contribution in [2.75, 3.05) is 33.7 Å². The Kier molecular flexibility index (Phi) is 8.30. The minimum absolute atomic E-state index is 0. The van der Waals surface area contributed by atoms with Gasteiger partial charge in [-0.2, -0.15) is 0 Å². The van der Waals surface area contributed by atoms with Crippen molar-refractivity contribution in [1.29, 1.82) is 0 Å². The van der Waals surface area contributed by atoms with Crippen molar-refractivity contribution < 1.29 is 0 Å². The summed E-state index contributed by atoms with van der Waals surface area (Å²) in [7, 11) is 4.14. The first-order valence-corrected chi connectivity index (χ1v) is 9.84. The third-order valence-corrected chi connectivity index (χ3v) is 6.32. The molecule has 1 aliphatic heterocycles. The van der Waals surface area contributed by atoms with E-state index in [0.717, 1.165) is 25.0 Å². The maximum Gasteiger partial charge on any atom is 0.190 e. The molecule has 2 aliphatic rings. The Labute approximate surface area is 167 Å². The summed E-state index contributed by atoms with van der Waals surface area (Å²) in [6.45, 7) is 3.27. The predicted molar refractivity (Wildman–Crippen MR) is 115 cm³/mol. The number of hydrogen-bond donors (Lipinski definition) is 2. The summed E-state index contributed by atoms with van der Waals surface area (Å²) in [5.74, 6) is 2.47. The maximum atomic E-state index is 4.39. The molecule has 4 nitrogen and oxygen atoms in total. The Hall–Kier alpha value is -0.340. The first-order chi connectivity index (χ1) is 11.3. The lowest BCUT2D eigenvalue weighted by Crippen LogP contribution is -2.46. The van der Waals surface area contributed by atoms with E-state index in [2.05, 4.69) is 45.1 Å². The highest BCUT2D eigenvalue weighted by molar-refractivity contribution is 14.0. The van der Waals surface area contributed by atoms with E-state index in [-0.39, 0.29) is 24.0 Å². The lowest BCUT2D eigenvalue weighted by Gasteiger charge is -2.39. The van der Waals surface area contributed by atoms with E-state index in [0.29, 0.717) is 12.0 Å². The van der Waals surface area contributed by atoms with Gasteiger partial charge < -0.3 is 10.6 Å². The Balaban J connectivity index is 0.00000208. The number of halogens is 1. The molecule has 2 N–H and O–H groups in total. The van der Waals surface area contributed by atoms with Gasteiger partial charge in [-0.3, -0.25) is 9.89 Å². The van der Waals surface area contributed by atoms with Gasteiger partial charge >= 0.3 is 0 Å². The monoisotopic (exact) mass is 462 g/mol. The van der Waals surface area contributed by atoms with Crippen molar-refractivity contribution in [3.8, 4) is 0 Å². The number of aliphatic imine (C=N–C) groups is 1. The molecular formula is C18H31IN4S. The van der Waals surface area contributed by atoms with Crippen molar-refractivity contribution in [1.82, 2.24) is 15.5 Å². The number of hydrogen-bond acceptors (Lipinski definition) is 3. The van der Waals surface area contributed by atoms with E-state index in [9.17, 15) is 0 Å². The summed E-state index contributed by atoms with van der Waals surface area (Å²) >= 11 is 1.89. The third-order valence-electron chi connectivity index (χ3n) is 5.38. The molecule has 1 aliphatic carbocycles. The molecule has 2 unspecified atom stereocenters. The van der Waals surface area contributed by atoms with Crippen LogP contribution >= 0.6 is 35.3 Å². The van der Waals surface area contributed by atoms with Crippen LogP contribution in [0, 0.1) is 11.8 Å². The summed E-state index contributed by atoms with van der Waals surface area (Å²) in [5, 5.41) is 9.27. The number of likely N-dealkylation sites (tertiary alicyclic amines) is 1. The molecule has 1 saturated heterocycles. The molecule has 0 bridgehead atoms. The molecule has 1 aromatic rings. The van der Waals surface area contributed by atoms with E-state index in [1.54, 1.807) is 0 Å². The Morgan fingerprint density at radius 3 is 2.67 bits per heavy atom. The van der Waals surface area contributed by atoms with Gasteiger partial charge in [-0.1, -0.05) is 12.5 Å². The van der Waals surface area contributed by atoms with Crippen LogP contribution in [-0.4, -0.2) is 44.6 Å². The van der Waals surface area contributed by atoms with Crippen LogP contribution in [-0.2, 0) is 0 Å². The molecule has 24 heavy (non-hydrogen) atoms. The predicted octanol–water partition coefficient (Wildman–Crippen LogP) is 3.71. The van der Waals surface area contributed by atoms with E-state index in [1.807, 2.05) is 18.4 Å². The first-order valence-electron chi connectivity index (χ1n) is 8.96. The van der Waals surface area contributed by atoms with E-state index in [4.69, 9.17) is 0 Å². The van der Waals surface area contributed by atoms with Crippen LogP contribution in [0.1, 0.15) is 43.0 Å². The molecule has 3 rings (SSSR count). The molecule has 1 saturated carbocycles. The lowest BCUT2D eigenvalue weighted by atomic mass is 9.85. The van der Waals surface area contributed by atoms with Crippen molar-refractivity contribution in [2.45, 2.75) is 38.1 Å². The molecule has 0 radical (unpaired) electrons. The van der Waals surface area contributed by atoms with Crippen LogP contribution in [0.2, 0.25) is 0 Å². The van der Waals surface area contributed by atoms with Crippen molar-refractivity contribution in [3.05, 3.63) is 22.4 Å². The lowest BCUT2D eigenvalue weighted by molar-refractivity contribution is 0.125. The van der Waals surface area contributed by atoms with Crippen LogP contribution in [0.25, 0.3) is 0 Å². The van der Waals surface area contributed by atoms with Gasteiger partial charge in [0.25, 0.3) is 0 Å². The summed E-state index contributed by atoms with van der Waals surface area (Å²) in [5.41, 5.74) is 0. The topological polar surface area (TPSA) is 39.7 Å². The maximum absolute atomic E-state index is 4.39. The van der Waals surface area contributed by atoms with Crippen LogP contribution < -0.4 is 10.6 Å². The Bertz CT molecular complexity index is 501. The van der Waals surface area contributed by atoms with Gasteiger partial charge in [-0.25, -0.2) is 0 Å². The fourth-order valence-electron chi connectivity index (χ4n) is 3.77. The molecule has 0 spiro atoms. The summed E-state index contributed by atoms with van der Waals surface area (Å²) in [6.07, 6.45) is 6.73. The van der Waals surface area contributed by atoms with Crippen LogP contribution in [0.4, 0.5) is 0 Å². The summed E-state index contributed by atoms with van der Waals surface area (Å²) in [6, 6.07) is 5.00.